The number of aromatic nitrogens is 11. The maximum absolute atomic E-state index is 14.0. The summed E-state index contributed by atoms with van der Waals surface area (Å²) >= 11 is 0.697. The highest BCUT2D eigenvalue weighted by molar-refractivity contribution is 7.89. The zero-order valence-electron chi connectivity index (χ0n) is 40.2. The van der Waals surface area contributed by atoms with Crippen molar-refractivity contribution in [2.45, 2.75) is 114 Å². The highest BCUT2D eigenvalue weighted by Crippen LogP contribution is 2.45. The van der Waals surface area contributed by atoms with Crippen LogP contribution in [-0.2, 0) is 22.7 Å². The van der Waals surface area contributed by atoms with Crippen LogP contribution in [0.4, 0.5) is 33.6 Å². The summed E-state index contributed by atoms with van der Waals surface area (Å²) in [6.07, 6.45) is 2.92. The molecule has 6 aromatic heterocycles. The minimum absolute atomic E-state index is 0.000700. The highest BCUT2D eigenvalue weighted by atomic mass is 32.2. The smallest absolute Gasteiger partial charge is 0.434 e. The minimum atomic E-state index is -4.60. The number of nitrogens with zero attached hydrogens (tertiary/aromatic N) is 14. The van der Waals surface area contributed by atoms with Crippen LogP contribution in [0.15, 0.2) is 66.5 Å². The van der Waals surface area contributed by atoms with E-state index in [1.165, 1.54) is 30.5 Å². The molecule has 10 rings (SSSR count). The number of rotatable bonds is 17. The van der Waals surface area contributed by atoms with Gasteiger partial charge < -0.3 is 19.1 Å². The fourth-order valence-corrected chi connectivity index (χ4v) is 11.4. The molecule has 72 heavy (non-hydrogen) atoms. The lowest BCUT2D eigenvalue weighted by Gasteiger charge is -2.46. The van der Waals surface area contributed by atoms with Crippen molar-refractivity contribution in [2.24, 2.45) is 0 Å². The fourth-order valence-electron chi connectivity index (χ4n) is 9.27. The van der Waals surface area contributed by atoms with Crippen molar-refractivity contribution >= 4 is 38.5 Å². The Balaban J connectivity index is 0.949. The Labute approximate surface area is 415 Å². The van der Waals surface area contributed by atoms with Crippen molar-refractivity contribution in [2.75, 3.05) is 43.1 Å². The number of nitrogens with one attached hydrogen (secondary N) is 1. The molecule has 3 aliphatic rings. The van der Waals surface area contributed by atoms with Crippen LogP contribution in [0.3, 0.4) is 0 Å². The molecule has 0 unspecified atom stereocenters. The average molecular weight is 1030 g/mol. The fraction of sp³-hybridized carbons (Fsp3) is 0.468. The maximum Gasteiger partial charge on any atom is 0.434 e. The number of alkyl halides is 5. The number of anilines is 2. The third-order valence-corrected chi connectivity index (χ3v) is 15.9. The predicted molar refractivity (Wildman–Crippen MR) is 258 cm³/mol. The number of hydrogen-bond donors (Lipinski definition) is 1. The Bertz CT molecular complexity index is 3220. The monoisotopic (exact) mass is 1030 g/mol. The molecule has 1 aliphatic heterocycles. The van der Waals surface area contributed by atoms with E-state index in [0.29, 0.717) is 96.9 Å². The van der Waals surface area contributed by atoms with Gasteiger partial charge in [-0.05, 0) is 71.9 Å². The third kappa shape index (κ3) is 9.94. The number of hydrogen-bond acceptors (Lipinski definition) is 16. The van der Waals surface area contributed by atoms with Gasteiger partial charge in [-0.25, -0.2) is 51.8 Å². The van der Waals surface area contributed by atoms with Gasteiger partial charge in [0.05, 0.1) is 30.2 Å². The van der Waals surface area contributed by atoms with Gasteiger partial charge in [0.1, 0.15) is 28.9 Å². The lowest BCUT2D eigenvalue weighted by Crippen LogP contribution is -2.58. The van der Waals surface area contributed by atoms with Gasteiger partial charge in [-0.3, -0.25) is 9.30 Å². The van der Waals surface area contributed by atoms with Crippen LogP contribution in [0.5, 0.6) is 5.88 Å². The number of imidazole rings is 2. The largest absolute Gasteiger partial charge is 0.480 e. The summed E-state index contributed by atoms with van der Waals surface area (Å²) in [6, 6.07) is 8.48. The molecule has 2 atom stereocenters. The summed E-state index contributed by atoms with van der Waals surface area (Å²) in [6.45, 7) is 11.9. The zero-order valence-corrected chi connectivity index (χ0v) is 41.8. The molecule has 18 nitrogen and oxygen atoms in total. The van der Waals surface area contributed by atoms with Crippen LogP contribution in [0, 0.1) is 0 Å². The Morgan fingerprint density at radius 1 is 0.944 bits per heavy atom. The Morgan fingerprint density at radius 3 is 2.31 bits per heavy atom. The van der Waals surface area contributed by atoms with Gasteiger partial charge in [0, 0.05) is 80.3 Å². The summed E-state index contributed by atoms with van der Waals surface area (Å²) in [5.74, 6) is 1.72. The molecule has 7 aromatic rings. The average Bonchev–Trinajstić information content (AvgIpc) is 4.11. The first kappa shape index (κ1) is 49.3. The molecule has 0 amide bonds. The number of pyridine rings is 1. The topological polar surface area (TPSA) is 190 Å². The Hall–Kier alpha value is -6.31. The van der Waals surface area contributed by atoms with Crippen molar-refractivity contribution in [3.05, 3.63) is 83.5 Å². The van der Waals surface area contributed by atoms with Crippen LogP contribution in [0.2, 0.25) is 0 Å². The number of ether oxygens (including phenoxy) is 1. The van der Waals surface area contributed by atoms with Crippen molar-refractivity contribution < 1.29 is 35.1 Å². The first-order valence-corrected chi connectivity index (χ1v) is 25.9. The second kappa shape index (κ2) is 18.9. The van der Waals surface area contributed by atoms with E-state index in [-0.39, 0.29) is 45.6 Å². The number of sulfonamides is 1. The van der Waals surface area contributed by atoms with Crippen LogP contribution in [0.25, 0.3) is 39.1 Å². The van der Waals surface area contributed by atoms with E-state index in [0.717, 1.165) is 30.3 Å². The minimum Gasteiger partial charge on any atom is -0.480 e. The number of piperazine rings is 1. The van der Waals surface area contributed by atoms with Gasteiger partial charge in [0.25, 0.3) is 6.43 Å². The lowest BCUT2D eigenvalue weighted by molar-refractivity contribution is -0.140. The summed E-state index contributed by atoms with van der Waals surface area (Å²) in [7, 11) is -2.49. The molecule has 25 heteroatoms. The number of halogens is 5. The molecule has 1 saturated heterocycles. The number of methoxy groups -OCH3 is 1. The van der Waals surface area contributed by atoms with Gasteiger partial charge >= 0.3 is 6.18 Å². The second-order valence-electron chi connectivity index (χ2n) is 19.2. The van der Waals surface area contributed by atoms with Crippen LogP contribution >= 0.6 is 11.3 Å². The number of fused-ring (bicyclic) bond motifs is 1. The van der Waals surface area contributed by atoms with E-state index in [9.17, 15) is 30.4 Å². The Kier molecular flexibility index (Phi) is 13.0. The van der Waals surface area contributed by atoms with Crippen LogP contribution < -0.4 is 19.3 Å². The maximum atomic E-state index is 14.0. The molecular weight excluding hydrogens is 982 g/mol. The van der Waals surface area contributed by atoms with Crippen molar-refractivity contribution in [3.63, 3.8) is 0 Å². The molecule has 1 aromatic carbocycles. The quantitative estimate of drug-likeness (QED) is 0.0858. The van der Waals surface area contributed by atoms with E-state index in [1.807, 2.05) is 24.0 Å². The van der Waals surface area contributed by atoms with Crippen molar-refractivity contribution in [3.8, 4) is 39.5 Å². The predicted octanol–water partition coefficient (Wildman–Crippen LogP) is 8.22. The first-order chi connectivity index (χ1) is 34.3. The van der Waals surface area contributed by atoms with Gasteiger partial charge in [-0.2, -0.15) is 18.2 Å². The molecule has 3 fully saturated rings. The molecule has 0 radical (unpaired) electrons. The van der Waals surface area contributed by atoms with Gasteiger partial charge in [-0.15, -0.1) is 10.2 Å². The first-order valence-electron chi connectivity index (χ1n) is 23.6. The van der Waals surface area contributed by atoms with Crippen molar-refractivity contribution in [1.29, 1.82) is 0 Å². The molecule has 0 spiro atoms. The van der Waals surface area contributed by atoms with Gasteiger partial charge in [0.15, 0.2) is 27.4 Å². The molecular formula is C47H52F5N15O3S2. The molecule has 1 N–H and O–H groups in total. The Morgan fingerprint density at radius 2 is 1.67 bits per heavy atom. The molecule has 0 bridgehead atoms. The zero-order chi connectivity index (χ0) is 50.9. The summed E-state index contributed by atoms with van der Waals surface area (Å²) < 4.78 is 108. The third-order valence-electron chi connectivity index (χ3n) is 13.4. The van der Waals surface area contributed by atoms with E-state index in [1.54, 1.807) is 42.6 Å². The summed E-state index contributed by atoms with van der Waals surface area (Å²) in [5.41, 5.74) is 2.44. The molecule has 380 valence electrons. The van der Waals surface area contributed by atoms with Crippen LogP contribution in [-0.4, -0.2) is 118 Å². The second-order valence-corrected chi connectivity index (χ2v) is 21.9. The standard InChI is InChI=1S/C47H52F5N15O3S2/c1-26(2)66-23-35(47(50,51)52)58-40(66)31-9-7-29(8-10-31)21-63(45-57-25-55-39(59-45)36-37(30-11-12-30)54-24-56-42(36)70-6)15-16-65-27(3)19-64(20-28(65)4)33-17-32(72(68,69)62-46(5)13-14-46)22-67-34(33)18-53-41(67)44-61-60-43(71-44)38(48)49/h7-10,17-18,22-28,30,38,62H,11-16,19-21H2,1-6H3/t27-,28-/m0/s1. The molecule has 7 heterocycles. The SMILES string of the molecule is COc1ncnc(C2CC2)c1-c1ncnc(N(CCN2[C@@H](C)CN(c3cc(S(=O)(=O)NC4(C)CC4)cn4c(-c5nnc(C(F)F)s5)ncc34)C[C@@H]2C)Cc2ccc(-c3nc(C(F)(F)F)cn3C(C)C)cc2)n1. The van der Waals surface area contributed by atoms with Crippen molar-refractivity contribution in [1.82, 2.24) is 63.7 Å². The highest BCUT2D eigenvalue weighted by Gasteiger charge is 2.42. The van der Waals surface area contributed by atoms with Gasteiger partial charge in [0.2, 0.25) is 21.9 Å². The van der Waals surface area contributed by atoms with E-state index < -0.39 is 38.9 Å². The normalized spacial score (nSPS) is 18.4. The van der Waals surface area contributed by atoms with Crippen LogP contribution in [0.1, 0.15) is 101 Å². The molecule has 2 saturated carbocycles. The summed E-state index contributed by atoms with van der Waals surface area (Å²) in [5, 5.41) is 7.29. The van der Waals surface area contributed by atoms with E-state index in [2.05, 4.69) is 68.5 Å². The number of benzene rings is 1. The summed E-state index contributed by atoms with van der Waals surface area (Å²) in [4.78, 5) is 38.3. The molecule has 2 aliphatic carbocycles. The van der Waals surface area contributed by atoms with Gasteiger partial charge in [-0.1, -0.05) is 35.6 Å². The van der Waals surface area contributed by atoms with E-state index >= 15 is 0 Å². The van der Waals surface area contributed by atoms with E-state index in [4.69, 9.17) is 9.72 Å². The lowest BCUT2D eigenvalue weighted by atomic mass is 10.1.